The Balaban J connectivity index is 2.18. The second kappa shape index (κ2) is 6.52. The number of piperidine rings is 1. The van der Waals surface area contributed by atoms with Crippen molar-refractivity contribution in [1.29, 1.82) is 5.26 Å². The highest BCUT2D eigenvalue weighted by Crippen LogP contribution is 2.19. The predicted molar refractivity (Wildman–Crippen MR) is 76.6 cm³/mol. The van der Waals surface area contributed by atoms with Gasteiger partial charge in [0.2, 0.25) is 10.0 Å². The molecular weight excluding hydrogens is 293 g/mol. The quantitative estimate of drug-likeness (QED) is 0.913. The number of likely N-dealkylation sites (N-methyl/N-ethyl adjacent to an activating group) is 1. The monoisotopic (exact) mass is 311 g/mol. The van der Waals surface area contributed by atoms with E-state index in [9.17, 15) is 12.8 Å². The summed E-state index contributed by atoms with van der Waals surface area (Å²) in [6, 6.07) is 5.07. The number of hydrogen-bond donors (Lipinski definition) is 1. The molecule has 1 atom stereocenters. The van der Waals surface area contributed by atoms with Gasteiger partial charge in [0, 0.05) is 19.6 Å². The molecule has 2 rings (SSSR count). The molecule has 0 aromatic heterocycles. The normalized spacial score (nSPS) is 19.4. The molecule has 1 saturated heterocycles. The average molecular weight is 311 g/mol. The van der Waals surface area contributed by atoms with Gasteiger partial charge in [-0.1, -0.05) is 6.42 Å². The van der Waals surface area contributed by atoms with E-state index in [2.05, 4.69) is 5.32 Å². The predicted octanol–water partition coefficient (Wildman–Crippen LogP) is 1.46. The Labute approximate surface area is 124 Å². The average Bonchev–Trinajstić information content (AvgIpc) is 2.48. The van der Waals surface area contributed by atoms with Crippen molar-refractivity contribution in [2.45, 2.75) is 30.2 Å². The highest BCUT2D eigenvalue weighted by Gasteiger charge is 2.25. The highest BCUT2D eigenvalue weighted by atomic mass is 32.2. The molecule has 0 aliphatic carbocycles. The topological polar surface area (TPSA) is 73.2 Å². The van der Waals surface area contributed by atoms with Crippen LogP contribution >= 0.6 is 0 Å². The number of nitrogens with zero attached hydrogens (tertiary/aromatic N) is 2. The fourth-order valence-corrected chi connectivity index (χ4v) is 3.66. The van der Waals surface area contributed by atoms with Crippen molar-refractivity contribution in [3.05, 3.63) is 29.6 Å². The van der Waals surface area contributed by atoms with Gasteiger partial charge in [0.05, 0.1) is 10.5 Å². The van der Waals surface area contributed by atoms with Crippen molar-refractivity contribution in [3.63, 3.8) is 0 Å². The van der Waals surface area contributed by atoms with Crippen LogP contribution in [0.4, 0.5) is 4.39 Å². The van der Waals surface area contributed by atoms with Crippen molar-refractivity contribution < 1.29 is 12.8 Å². The Morgan fingerprint density at radius 1 is 1.48 bits per heavy atom. The highest BCUT2D eigenvalue weighted by molar-refractivity contribution is 7.89. The number of benzene rings is 1. The van der Waals surface area contributed by atoms with E-state index < -0.39 is 15.8 Å². The number of rotatable bonds is 4. The van der Waals surface area contributed by atoms with Crippen LogP contribution in [0.3, 0.4) is 0 Å². The second-order valence-electron chi connectivity index (χ2n) is 5.19. The molecular formula is C14H18FN3O2S. The molecule has 1 aromatic rings. The maximum absolute atomic E-state index is 13.3. The SMILES string of the molecule is CN(CC1CCCCN1)S(=O)(=O)c1ccc(F)c(C#N)c1. The summed E-state index contributed by atoms with van der Waals surface area (Å²) in [5.41, 5.74) is -0.264. The van der Waals surface area contributed by atoms with Gasteiger partial charge in [-0.25, -0.2) is 12.8 Å². The fourth-order valence-electron chi connectivity index (χ4n) is 2.42. The van der Waals surface area contributed by atoms with Crippen molar-refractivity contribution in [1.82, 2.24) is 9.62 Å². The maximum Gasteiger partial charge on any atom is 0.242 e. The number of nitrogens with one attached hydrogen (secondary N) is 1. The molecule has 1 heterocycles. The molecule has 0 radical (unpaired) electrons. The van der Waals surface area contributed by atoms with Gasteiger partial charge in [0.1, 0.15) is 11.9 Å². The molecule has 1 unspecified atom stereocenters. The van der Waals surface area contributed by atoms with Crippen LogP contribution in [0.5, 0.6) is 0 Å². The third kappa shape index (κ3) is 3.59. The molecule has 0 amide bonds. The van der Waals surface area contributed by atoms with E-state index in [1.165, 1.54) is 17.4 Å². The van der Waals surface area contributed by atoms with Gasteiger partial charge in [0.15, 0.2) is 0 Å². The third-order valence-corrected chi connectivity index (χ3v) is 5.48. The first-order valence-corrected chi connectivity index (χ1v) is 8.28. The van der Waals surface area contributed by atoms with Crippen LogP contribution in [-0.2, 0) is 10.0 Å². The summed E-state index contributed by atoms with van der Waals surface area (Å²) in [7, 11) is -2.21. The van der Waals surface area contributed by atoms with E-state index in [1.807, 2.05) is 0 Å². The largest absolute Gasteiger partial charge is 0.313 e. The molecule has 1 aromatic carbocycles. The van der Waals surface area contributed by atoms with E-state index >= 15 is 0 Å². The summed E-state index contributed by atoms with van der Waals surface area (Å²) in [5, 5.41) is 12.1. The summed E-state index contributed by atoms with van der Waals surface area (Å²) in [5.74, 6) is -0.715. The summed E-state index contributed by atoms with van der Waals surface area (Å²) in [6.07, 6.45) is 3.13. The molecule has 1 N–H and O–H groups in total. The van der Waals surface area contributed by atoms with Crippen molar-refractivity contribution >= 4 is 10.0 Å². The fraction of sp³-hybridized carbons (Fsp3) is 0.500. The zero-order chi connectivity index (χ0) is 15.5. The molecule has 7 heteroatoms. The van der Waals surface area contributed by atoms with Crippen LogP contribution in [0, 0.1) is 17.1 Å². The Morgan fingerprint density at radius 2 is 2.24 bits per heavy atom. The summed E-state index contributed by atoms with van der Waals surface area (Å²) >= 11 is 0. The molecule has 21 heavy (non-hydrogen) atoms. The number of hydrogen-bond acceptors (Lipinski definition) is 4. The van der Waals surface area contributed by atoms with Gasteiger partial charge in [-0.3, -0.25) is 0 Å². The standard InChI is InChI=1S/C14H18FN3O2S/c1-18(10-12-4-2-3-7-17-12)21(19,20)13-5-6-14(15)11(8-13)9-16/h5-6,8,12,17H,2-4,7,10H2,1H3. The maximum atomic E-state index is 13.3. The minimum Gasteiger partial charge on any atom is -0.313 e. The molecule has 1 aliphatic heterocycles. The lowest BCUT2D eigenvalue weighted by atomic mass is 10.1. The lowest BCUT2D eigenvalue weighted by Gasteiger charge is -2.27. The zero-order valence-corrected chi connectivity index (χ0v) is 12.7. The van der Waals surface area contributed by atoms with E-state index in [-0.39, 0.29) is 16.5 Å². The van der Waals surface area contributed by atoms with Gasteiger partial charge < -0.3 is 5.32 Å². The second-order valence-corrected chi connectivity index (χ2v) is 7.23. The summed E-state index contributed by atoms with van der Waals surface area (Å²) in [6.45, 7) is 1.26. The van der Waals surface area contributed by atoms with Crippen LogP contribution in [0.25, 0.3) is 0 Å². The Hall–Kier alpha value is -1.49. The number of nitriles is 1. The Kier molecular flexibility index (Phi) is 4.93. The molecule has 5 nitrogen and oxygen atoms in total. The van der Waals surface area contributed by atoms with Crippen LogP contribution in [0.1, 0.15) is 24.8 Å². The molecule has 0 bridgehead atoms. The first kappa shape index (κ1) is 15.9. The van der Waals surface area contributed by atoms with Crippen LogP contribution in [-0.4, -0.2) is 38.9 Å². The molecule has 0 spiro atoms. The van der Waals surface area contributed by atoms with Crippen LogP contribution in [0.15, 0.2) is 23.1 Å². The van der Waals surface area contributed by atoms with Gasteiger partial charge >= 0.3 is 0 Å². The third-order valence-electron chi connectivity index (χ3n) is 3.66. The molecule has 0 saturated carbocycles. The smallest absolute Gasteiger partial charge is 0.242 e. The minimum atomic E-state index is -3.71. The first-order chi connectivity index (χ1) is 9.95. The van der Waals surface area contributed by atoms with Crippen molar-refractivity contribution in [2.24, 2.45) is 0 Å². The van der Waals surface area contributed by atoms with Gasteiger partial charge in [-0.05, 0) is 37.6 Å². The zero-order valence-electron chi connectivity index (χ0n) is 11.8. The number of halogens is 1. The van der Waals surface area contributed by atoms with E-state index in [0.717, 1.165) is 37.9 Å². The van der Waals surface area contributed by atoms with E-state index in [4.69, 9.17) is 5.26 Å². The van der Waals surface area contributed by atoms with E-state index in [0.29, 0.717) is 6.54 Å². The van der Waals surface area contributed by atoms with Crippen LogP contribution in [0.2, 0.25) is 0 Å². The van der Waals surface area contributed by atoms with Crippen molar-refractivity contribution in [3.8, 4) is 6.07 Å². The van der Waals surface area contributed by atoms with Crippen molar-refractivity contribution in [2.75, 3.05) is 20.1 Å². The molecule has 1 fully saturated rings. The van der Waals surface area contributed by atoms with Gasteiger partial charge in [-0.15, -0.1) is 0 Å². The lowest BCUT2D eigenvalue weighted by molar-refractivity contribution is 0.337. The lowest BCUT2D eigenvalue weighted by Crippen LogP contribution is -2.44. The molecule has 114 valence electrons. The summed E-state index contributed by atoms with van der Waals surface area (Å²) in [4.78, 5) is -0.0567. The molecule has 1 aliphatic rings. The first-order valence-electron chi connectivity index (χ1n) is 6.84. The van der Waals surface area contributed by atoms with Crippen LogP contribution < -0.4 is 5.32 Å². The van der Waals surface area contributed by atoms with Gasteiger partial charge in [-0.2, -0.15) is 9.57 Å². The minimum absolute atomic E-state index is 0.0567. The van der Waals surface area contributed by atoms with Gasteiger partial charge in [0.25, 0.3) is 0 Å². The Bertz CT molecular complexity index is 649. The summed E-state index contributed by atoms with van der Waals surface area (Å²) < 4.78 is 39.4. The van der Waals surface area contributed by atoms with E-state index in [1.54, 1.807) is 6.07 Å². The number of sulfonamides is 1. The Morgan fingerprint density at radius 3 is 2.86 bits per heavy atom.